The van der Waals surface area contributed by atoms with E-state index in [0.29, 0.717) is 6.61 Å². The summed E-state index contributed by atoms with van der Waals surface area (Å²) in [5.74, 6) is 0.138. The minimum Gasteiger partial charge on any atom is -0.381 e. The number of nitrogens with one attached hydrogen (secondary N) is 1. The molecule has 2 fully saturated rings. The average molecular weight is 201 g/mol. The molecule has 14 heavy (non-hydrogen) atoms. The maximum Gasteiger partial charge on any atom is 0.120 e. The molecule has 0 amide bonds. The molecule has 3 atom stereocenters. The van der Waals surface area contributed by atoms with Gasteiger partial charge in [-0.2, -0.15) is 0 Å². The van der Waals surface area contributed by atoms with E-state index in [1.165, 1.54) is 12.8 Å². The minimum atomic E-state index is -0.699. The van der Waals surface area contributed by atoms with Gasteiger partial charge >= 0.3 is 0 Å². The number of piperidine rings is 1. The maximum atomic E-state index is 14.0. The molecule has 0 aromatic rings. The Morgan fingerprint density at radius 2 is 2.14 bits per heavy atom. The second kappa shape index (κ2) is 5.08. The summed E-state index contributed by atoms with van der Waals surface area (Å²) in [6.45, 7) is 2.43. The van der Waals surface area contributed by atoms with Gasteiger partial charge in [0.15, 0.2) is 0 Å². The Balaban J connectivity index is 1.82. The van der Waals surface area contributed by atoms with Gasteiger partial charge in [-0.1, -0.05) is 6.42 Å². The third-order valence-electron chi connectivity index (χ3n) is 3.38. The summed E-state index contributed by atoms with van der Waals surface area (Å²) >= 11 is 0. The summed E-state index contributed by atoms with van der Waals surface area (Å²) in [7, 11) is 0. The lowest BCUT2D eigenvalue weighted by molar-refractivity contribution is 0.00685. The highest BCUT2D eigenvalue weighted by molar-refractivity contribution is 4.85. The molecule has 0 saturated carbocycles. The van der Waals surface area contributed by atoms with Crippen molar-refractivity contribution in [3.63, 3.8) is 0 Å². The Hall–Kier alpha value is -0.150. The van der Waals surface area contributed by atoms with Gasteiger partial charge in [-0.05, 0) is 32.2 Å². The molecule has 2 rings (SSSR count). The van der Waals surface area contributed by atoms with Crippen LogP contribution in [-0.4, -0.2) is 32.0 Å². The predicted octanol–water partition coefficient (Wildman–Crippen LogP) is 1.89. The second-order valence-corrected chi connectivity index (χ2v) is 4.48. The number of hydrogen-bond acceptors (Lipinski definition) is 2. The van der Waals surface area contributed by atoms with Crippen LogP contribution in [0.2, 0.25) is 0 Å². The first kappa shape index (κ1) is 10.4. The first-order chi connectivity index (χ1) is 6.88. The van der Waals surface area contributed by atoms with E-state index in [-0.39, 0.29) is 12.0 Å². The van der Waals surface area contributed by atoms with E-state index in [4.69, 9.17) is 4.74 Å². The first-order valence-electron chi connectivity index (χ1n) is 5.83. The quantitative estimate of drug-likeness (QED) is 0.736. The van der Waals surface area contributed by atoms with E-state index in [1.54, 1.807) is 0 Å². The van der Waals surface area contributed by atoms with Gasteiger partial charge in [-0.25, -0.2) is 4.39 Å². The largest absolute Gasteiger partial charge is 0.381 e. The van der Waals surface area contributed by atoms with Crippen LogP contribution in [-0.2, 0) is 4.74 Å². The molecule has 0 aromatic carbocycles. The number of rotatable bonds is 2. The number of halogens is 1. The van der Waals surface area contributed by atoms with Gasteiger partial charge < -0.3 is 10.1 Å². The maximum absolute atomic E-state index is 14.0. The van der Waals surface area contributed by atoms with Gasteiger partial charge in [0.1, 0.15) is 6.17 Å². The summed E-state index contributed by atoms with van der Waals surface area (Å²) in [4.78, 5) is 0. The van der Waals surface area contributed by atoms with Crippen molar-refractivity contribution in [1.82, 2.24) is 5.32 Å². The minimum absolute atomic E-state index is 0.0930. The molecule has 1 N–H and O–H groups in total. The van der Waals surface area contributed by atoms with E-state index < -0.39 is 6.17 Å². The number of hydrogen-bond donors (Lipinski definition) is 1. The van der Waals surface area contributed by atoms with Crippen molar-refractivity contribution >= 4 is 0 Å². The number of ether oxygens (including phenoxy) is 1. The van der Waals surface area contributed by atoms with Crippen molar-refractivity contribution in [3.05, 3.63) is 0 Å². The van der Waals surface area contributed by atoms with Crippen LogP contribution in [0.15, 0.2) is 0 Å². The van der Waals surface area contributed by atoms with Gasteiger partial charge in [-0.15, -0.1) is 0 Å². The van der Waals surface area contributed by atoms with E-state index in [9.17, 15) is 4.39 Å². The molecule has 0 aromatic heterocycles. The summed E-state index contributed by atoms with van der Waals surface area (Å²) in [5, 5.41) is 3.29. The Morgan fingerprint density at radius 3 is 2.79 bits per heavy atom. The standard InChI is InChI=1S/C11H20FNO/c12-11(9-4-3-7-14-8-9)10-5-1-2-6-13-10/h9-11,13H,1-8H2. The average Bonchev–Trinajstić information content (AvgIpc) is 2.30. The lowest BCUT2D eigenvalue weighted by Gasteiger charge is -2.33. The van der Waals surface area contributed by atoms with Gasteiger partial charge in [-0.3, -0.25) is 0 Å². The van der Waals surface area contributed by atoms with Gasteiger partial charge in [0.05, 0.1) is 6.61 Å². The van der Waals surface area contributed by atoms with Crippen LogP contribution in [0.1, 0.15) is 32.1 Å². The Kier molecular flexibility index (Phi) is 3.76. The molecule has 2 aliphatic heterocycles. The molecule has 2 saturated heterocycles. The van der Waals surface area contributed by atoms with Crippen molar-refractivity contribution < 1.29 is 9.13 Å². The van der Waals surface area contributed by atoms with Gasteiger partial charge in [0, 0.05) is 18.6 Å². The molecule has 3 unspecified atom stereocenters. The molecular formula is C11H20FNO. The zero-order chi connectivity index (χ0) is 9.80. The Labute approximate surface area is 85.2 Å². The van der Waals surface area contributed by atoms with Crippen molar-refractivity contribution in [2.24, 2.45) is 5.92 Å². The lowest BCUT2D eigenvalue weighted by Crippen LogP contribution is -2.46. The number of alkyl halides is 1. The van der Waals surface area contributed by atoms with Crippen LogP contribution in [0.5, 0.6) is 0 Å². The summed E-state index contributed by atoms with van der Waals surface area (Å²) < 4.78 is 19.4. The molecule has 0 radical (unpaired) electrons. The van der Waals surface area contributed by atoms with Crippen molar-refractivity contribution in [2.75, 3.05) is 19.8 Å². The topological polar surface area (TPSA) is 21.3 Å². The van der Waals surface area contributed by atoms with Gasteiger partial charge in [0.2, 0.25) is 0 Å². The fourth-order valence-electron chi connectivity index (χ4n) is 2.50. The molecule has 0 bridgehead atoms. The summed E-state index contributed by atoms with van der Waals surface area (Å²) in [6, 6.07) is 0.0930. The summed E-state index contributed by atoms with van der Waals surface area (Å²) in [5.41, 5.74) is 0. The van der Waals surface area contributed by atoms with Crippen LogP contribution in [0.25, 0.3) is 0 Å². The van der Waals surface area contributed by atoms with Crippen LogP contribution < -0.4 is 5.32 Å². The van der Waals surface area contributed by atoms with Gasteiger partial charge in [0.25, 0.3) is 0 Å². The third-order valence-corrected chi connectivity index (χ3v) is 3.38. The molecule has 0 spiro atoms. The predicted molar refractivity (Wildman–Crippen MR) is 54.1 cm³/mol. The van der Waals surface area contributed by atoms with Crippen LogP contribution >= 0.6 is 0 Å². The monoisotopic (exact) mass is 201 g/mol. The SMILES string of the molecule is FC(C1CCCOC1)C1CCCCN1. The van der Waals surface area contributed by atoms with Crippen LogP contribution in [0.3, 0.4) is 0 Å². The molecule has 3 heteroatoms. The first-order valence-corrected chi connectivity index (χ1v) is 5.83. The van der Waals surface area contributed by atoms with E-state index >= 15 is 0 Å². The summed E-state index contributed by atoms with van der Waals surface area (Å²) in [6.07, 6.45) is 4.70. The van der Waals surface area contributed by atoms with E-state index in [1.807, 2.05) is 0 Å². The fraction of sp³-hybridized carbons (Fsp3) is 1.00. The normalized spacial score (nSPS) is 36.6. The van der Waals surface area contributed by atoms with Crippen molar-refractivity contribution in [1.29, 1.82) is 0 Å². The molecule has 2 nitrogen and oxygen atoms in total. The third kappa shape index (κ3) is 2.45. The van der Waals surface area contributed by atoms with Crippen molar-refractivity contribution in [2.45, 2.75) is 44.3 Å². The van der Waals surface area contributed by atoms with Crippen LogP contribution in [0.4, 0.5) is 4.39 Å². The molecular weight excluding hydrogens is 181 g/mol. The smallest absolute Gasteiger partial charge is 0.120 e. The van der Waals surface area contributed by atoms with E-state index in [0.717, 1.165) is 32.4 Å². The molecule has 82 valence electrons. The molecule has 2 aliphatic rings. The molecule has 0 aliphatic carbocycles. The zero-order valence-electron chi connectivity index (χ0n) is 8.68. The zero-order valence-corrected chi connectivity index (χ0v) is 8.68. The highest BCUT2D eigenvalue weighted by atomic mass is 19.1. The lowest BCUT2D eigenvalue weighted by atomic mass is 9.88. The van der Waals surface area contributed by atoms with Crippen LogP contribution in [0, 0.1) is 5.92 Å². The highest BCUT2D eigenvalue weighted by Crippen LogP contribution is 2.25. The van der Waals surface area contributed by atoms with E-state index in [2.05, 4.69) is 5.32 Å². The molecule has 2 heterocycles. The van der Waals surface area contributed by atoms with Crippen molar-refractivity contribution in [3.8, 4) is 0 Å². The Bertz CT molecular complexity index is 147. The second-order valence-electron chi connectivity index (χ2n) is 4.48. The fourth-order valence-corrected chi connectivity index (χ4v) is 2.50. The highest BCUT2D eigenvalue weighted by Gasteiger charge is 2.31. The Morgan fingerprint density at radius 1 is 1.21 bits per heavy atom.